The number of carbonyl (C=O) groups is 2. The Hall–Kier alpha value is -2.24. The number of esters is 1. The summed E-state index contributed by atoms with van der Waals surface area (Å²) in [5.41, 5.74) is 7.32. The molecule has 0 radical (unpaired) electrons. The lowest BCUT2D eigenvalue weighted by atomic mass is 10.1. The van der Waals surface area contributed by atoms with Crippen molar-refractivity contribution in [3.05, 3.63) is 23.8 Å². The molecule has 0 bridgehead atoms. The highest BCUT2D eigenvalue weighted by Gasteiger charge is 2.18. The Morgan fingerprint density at radius 1 is 1.38 bits per heavy atom. The minimum atomic E-state index is -0.489. The van der Waals surface area contributed by atoms with Crippen LogP contribution in [0.4, 0.5) is 11.4 Å². The molecule has 0 fully saturated rings. The number of hydrogen-bond acceptors (Lipinski definition) is 5. The van der Waals surface area contributed by atoms with Crippen molar-refractivity contribution in [2.75, 3.05) is 30.8 Å². The Bertz CT molecular complexity index is 515. The Balaban J connectivity index is 3.01. The van der Waals surface area contributed by atoms with Crippen molar-refractivity contribution in [3.8, 4) is 0 Å². The summed E-state index contributed by atoms with van der Waals surface area (Å²) in [6.07, 6.45) is 0. The van der Waals surface area contributed by atoms with Gasteiger partial charge in [0.2, 0.25) is 5.91 Å². The van der Waals surface area contributed by atoms with Gasteiger partial charge in [0.05, 0.1) is 30.6 Å². The van der Waals surface area contributed by atoms with Gasteiger partial charge in [-0.05, 0) is 32.9 Å². The Labute approximate surface area is 125 Å². The lowest BCUT2D eigenvalue weighted by Gasteiger charge is -2.25. The van der Waals surface area contributed by atoms with Gasteiger partial charge in [-0.3, -0.25) is 4.79 Å². The third kappa shape index (κ3) is 4.37. The zero-order valence-corrected chi connectivity index (χ0v) is 13.0. The molecule has 0 saturated heterocycles. The molecule has 6 nitrogen and oxygen atoms in total. The number of rotatable bonds is 6. The standard InChI is InChI=1S/C15H23N3O3/c1-5-18(9-13(19)17-10(2)3)12-8-6-7-11(14(12)16)15(20)21-4/h6-8,10H,5,9,16H2,1-4H3,(H,17,19). The van der Waals surface area contributed by atoms with Crippen LogP contribution >= 0.6 is 0 Å². The molecule has 0 aliphatic rings. The molecule has 6 heteroatoms. The van der Waals surface area contributed by atoms with Gasteiger partial charge in [0.15, 0.2) is 0 Å². The summed E-state index contributed by atoms with van der Waals surface area (Å²) in [6.45, 7) is 6.51. The van der Waals surface area contributed by atoms with E-state index in [1.165, 1.54) is 7.11 Å². The van der Waals surface area contributed by atoms with Crippen LogP contribution in [-0.4, -0.2) is 38.1 Å². The van der Waals surface area contributed by atoms with Crippen molar-refractivity contribution in [2.45, 2.75) is 26.8 Å². The monoisotopic (exact) mass is 293 g/mol. The van der Waals surface area contributed by atoms with Gasteiger partial charge in [0, 0.05) is 12.6 Å². The number of benzene rings is 1. The number of carbonyl (C=O) groups excluding carboxylic acids is 2. The van der Waals surface area contributed by atoms with Crippen molar-refractivity contribution in [1.82, 2.24) is 5.32 Å². The highest BCUT2D eigenvalue weighted by atomic mass is 16.5. The van der Waals surface area contributed by atoms with Crippen LogP contribution in [0.3, 0.4) is 0 Å². The van der Waals surface area contributed by atoms with Crippen LogP contribution in [-0.2, 0) is 9.53 Å². The number of para-hydroxylation sites is 1. The van der Waals surface area contributed by atoms with Gasteiger partial charge in [-0.2, -0.15) is 0 Å². The van der Waals surface area contributed by atoms with Gasteiger partial charge in [-0.1, -0.05) is 6.07 Å². The van der Waals surface area contributed by atoms with Crippen molar-refractivity contribution in [1.29, 1.82) is 0 Å². The molecular formula is C15H23N3O3. The van der Waals surface area contributed by atoms with Crippen molar-refractivity contribution in [3.63, 3.8) is 0 Å². The Morgan fingerprint density at radius 3 is 2.57 bits per heavy atom. The van der Waals surface area contributed by atoms with Crippen molar-refractivity contribution < 1.29 is 14.3 Å². The lowest BCUT2D eigenvalue weighted by Crippen LogP contribution is -2.40. The summed E-state index contributed by atoms with van der Waals surface area (Å²) < 4.78 is 4.70. The van der Waals surface area contributed by atoms with E-state index >= 15 is 0 Å². The predicted octanol–water partition coefficient (Wildman–Crippen LogP) is 1.41. The van der Waals surface area contributed by atoms with Crippen LogP contribution < -0.4 is 16.0 Å². The number of nitrogens with one attached hydrogen (secondary N) is 1. The SMILES string of the molecule is CCN(CC(=O)NC(C)C)c1cccc(C(=O)OC)c1N. The van der Waals surface area contributed by atoms with Crippen molar-refractivity contribution >= 4 is 23.3 Å². The Kier molecular flexibility index (Phi) is 6.02. The third-order valence-corrected chi connectivity index (χ3v) is 2.99. The lowest BCUT2D eigenvalue weighted by molar-refractivity contribution is -0.120. The van der Waals surface area contributed by atoms with Gasteiger partial charge in [-0.15, -0.1) is 0 Å². The van der Waals surface area contributed by atoms with Gasteiger partial charge in [-0.25, -0.2) is 4.79 Å². The number of nitrogens with zero attached hydrogens (tertiary/aromatic N) is 1. The van der Waals surface area contributed by atoms with Crippen LogP contribution in [0.2, 0.25) is 0 Å². The largest absolute Gasteiger partial charge is 0.465 e. The summed E-state index contributed by atoms with van der Waals surface area (Å²) in [6, 6.07) is 5.19. The first-order valence-corrected chi connectivity index (χ1v) is 6.91. The molecule has 0 atom stereocenters. The van der Waals surface area contributed by atoms with E-state index in [0.29, 0.717) is 23.5 Å². The highest BCUT2D eigenvalue weighted by molar-refractivity contribution is 5.98. The molecule has 3 N–H and O–H groups in total. The zero-order chi connectivity index (χ0) is 16.0. The van der Waals surface area contributed by atoms with E-state index in [2.05, 4.69) is 5.32 Å². The number of amides is 1. The van der Waals surface area contributed by atoms with E-state index < -0.39 is 5.97 Å². The van der Waals surface area contributed by atoms with Gasteiger partial charge in [0.25, 0.3) is 0 Å². The van der Waals surface area contributed by atoms with E-state index in [0.717, 1.165) is 0 Å². The summed E-state index contributed by atoms with van der Waals surface area (Å²) in [5.74, 6) is -0.577. The summed E-state index contributed by atoms with van der Waals surface area (Å²) >= 11 is 0. The highest BCUT2D eigenvalue weighted by Crippen LogP contribution is 2.27. The minimum absolute atomic E-state index is 0.0787. The zero-order valence-electron chi connectivity index (χ0n) is 13.0. The Morgan fingerprint density at radius 2 is 2.05 bits per heavy atom. The molecule has 0 heterocycles. The fraction of sp³-hybridized carbons (Fsp3) is 0.467. The number of hydrogen-bond donors (Lipinski definition) is 2. The normalized spacial score (nSPS) is 10.3. The molecule has 0 unspecified atom stereocenters. The molecule has 1 rings (SSSR count). The molecular weight excluding hydrogens is 270 g/mol. The van der Waals surface area contributed by atoms with E-state index in [4.69, 9.17) is 10.5 Å². The average molecular weight is 293 g/mol. The molecule has 1 aromatic carbocycles. The third-order valence-electron chi connectivity index (χ3n) is 2.99. The molecule has 0 aromatic heterocycles. The topological polar surface area (TPSA) is 84.7 Å². The first-order valence-electron chi connectivity index (χ1n) is 6.91. The maximum absolute atomic E-state index is 11.9. The molecule has 0 spiro atoms. The fourth-order valence-corrected chi connectivity index (χ4v) is 2.03. The maximum Gasteiger partial charge on any atom is 0.340 e. The second-order valence-corrected chi connectivity index (χ2v) is 4.97. The maximum atomic E-state index is 11.9. The average Bonchev–Trinajstić information content (AvgIpc) is 2.43. The quantitative estimate of drug-likeness (QED) is 0.612. The minimum Gasteiger partial charge on any atom is -0.465 e. The van der Waals surface area contributed by atoms with Gasteiger partial charge in [0.1, 0.15) is 0 Å². The first-order chi connectivity index (χ1) is 9.90. The first kappa shape index (κ1) is 16.8. The number of methoxy groups -OCH3 is 1. The summed E-state index contributed by atoms with van der Waals surface area (Å²) in [5, 5.41) is 2.83. The van der Waals surface area contributed by atoms with E-state index in [1.54, 1.807) is 18.2 Å². The number of nitrogens with two attached hydrogens (primary N) is 1. The van der Waals surface area contributed by atoms with E-state index in [1.807, 2.05) is 25.7 Å². The molecule has 21 heavy (non-hydrogen) atoms. The number of anilines is 2. The second-order valence-electron chi connectivity index (χ2n) is 4.97. The summed E-state index contributed by atoms with van der Waals surface area (Å²) in [7, 11) is 1.31. The van der Waals surface area contributed by atoms with Crippen LogP contribution in [0, 0.1) is 0 Å². The number of ether oxygens (including phenoxy) is 1. The molecule has 1 amide bonds. The number of nitrogen functional groups attached to an aromatic ring is 1. The van der Waals surface area contributed by atoms with Crippen LogP contribution in [0.1, 0.15) is 31.1 Å². The van der Waals surface area contributed by atoms with E-state index in [-0.39, 0.29) is 18.5 Å². The van der Waals surface area contributed by atoms with Crippen LogP contribution in [0.15, 0.2) is 18.2 Å². The van der Waals surface area contributed by atoms with Crippen molar-refractivity contribution in [2.24, 2.45) is 0 Å². The molecule has 0 saturated carbocycles. The smallest absolute Gasteiger partial charge is 0.340 e. The predicted molar refractivity (Wildman–Crippen MR) is 83.4 cm³/mol. The van der Waals surface area contributed by atoms with Gasteiger partial charge < -0.3 is 20.7 Å². The fourth-order valence-electron chi connectivity index (χ4n) is 2.03. The van der Waals surface area contributed by atoms with Crippen LogP contribution in [0.25, 0.3) is 0 Å². The van der Waals surface area contributed by atoms with Crippen LogP contribution in [0.5, 0.6) is 0 Å². The van der Waals surface area contributed by atoms with Gasteiger partial charge >= 0.3 is 5.97 Å². The second kappa shape index (κ2) is 7.52. The summed E-state index contributed by atoms with van der Waals surface area (Å²) in [4.78, 5) is 25.4. The molecule has 1 aromatic rings. The number of likely N-dealkylation sites (N-methyl/N-ethyl adjacent to an activating group) is 1. The molecule has 0 aliphatic carbocycles. The molecule has 0 aliphatic heterocycles. The van der Waals surface area contributed by atoms with E-state index in [9.17, 15) is 9.59 Å². The molecule has 116 valence electrons.